The van der Waals surface area contributed by atoms with Gasteiger partial charge in [-0.15, -0.1) is 0 Å². The van der Waals surface area contributed by atoms with Gasteiger partial charge in [0.1, 0.15) is 6.10 Å². The fraction of sp³-hybridized carbons (Fsp3) is 0.393. The Kier molecular flexibility index (Phi) is 5.14. The van der Waals surface area contributed by atoms with Crippen LogP contribution in [-0.2, 0) is 9.53 Å². The molecule has 1 aliphatic carbocycles. The molecule has 6 nitrogen and oxygen atoms in total. The fourth-order valence-electron chi connectivity index (χ4n) is 5.92. The van der Waals surface area contributed by atoms with Crippen molar-refractivity contribution in [2.24, 2.45) is 5.41 Å². The molecule has 6 heteroatoms. The van der Waals surface area contributed by atoms with Gasteiger partial charge >= 0.3 is 5.97 Å². The third kappa shape index (κ3) is 3.66. The minimum absolute atomic E-state index is 0.188. The van der Waals surface area contributed by atoms with Crippen molar-refractivity contribution >= 4 is 22.8 Å². The van der Waals surface area contributed by atoms with Gasteiger partial charge in [-0.25, -0.2) is 4.79 Å². The SMILES string of the molecule is O=C(O)c1cccc2cc(-c3ccc([C@@H]4CC45CCN(C(=O)[C@H]4CCCO4)CC5)cc3)cnc12. The van der Waals surface area contributed by atoms with Gasteiger partial charge in [0, 0.05) is 36.8 Å². The van der Waals surface area contributed by atoms with E-state index in [0.29, 0.717) is 23.5 Å². The normalized spacial score (nSPS) is 23.4. The van der Waals surface area contributed by atoms with Gasteiger partial charge in [0.25, 0.3) is 5.91 Å². The van der Waals surface area contributed by atoms with Crippen LogP contribution in [0.15, 0.2) is 54.7 Å². The summed E-state index contributed by atoms with van der Waals surface area (Å²) < 4.78 is 5.59. The number of benzene rings is 2. The predicted molar refractivity (Wildman–Crippen MR) is 129 cm³/mol. The van der Waals surface area contributed by atoms with E-state index in [2.05, 4.69) is 29.2 Å². The van der Waals surface area contributed by atoms with Gasteiger partial charge in [0.15, 0.2) is 0 Å². The van der Waals surface area contributed by atoms with Crippen molar-refractivity contribution in [2.45, 2.75) is 44.1 Å². The lowest BCUT2D eigenvalue weighted by Gasteiger charge is -2.34. The number of ether oxygens (including phenoxy) is 1. The zero-order valence-corrected chi connectivity index (χ0v) is 19.1. The number of piperidine rings is 1. The fourth-order valence-corrected chi connectivity index (χ4v) is 5.92. The molecule has 1 amide bonds. The average Bonchev–Trinajstić information content (AvgIpc) is 3.28. The van der Waals surface area contributed by atoms with Crippen molar-refractivity contribution < 1.29 is 19.4 Å². The Morgan fingerprint density at radius 1 is 1.06 bits per heavy atom. The van der Waals surface area contributed by atoms with Crippen LogP contribution in [-0.4, -0.2) is 52.7 Å². The van der Waals surface area contributed by atoms with Gasteiger partial charge in [-0.05, 0) is 66.7 Å². The number of carbonyl (C=O) groups is 2. The molecule has 1 saturated carbocycles. The number of fused-ring (bicyclic) bond motifs is 1. The molecule has 6 rings (SSSR count). The number of para-hydroxylation sites is 1. The summed E-state index contributed by atoms with van der Waals surface area (Å²) in [6.07, 6.45) is 6.73. The Morgan fingerprint density at radius 3 is 2.56 bits per heavy atom. The zero-order chi connectivity index (χ0) is 23.3. The highest BCUT2D eigenvalue weighted by Crippen LogP contribution is 2.65. The van der Waals surface area contributed by atoms with Gasteiger partial charge in [0.05, 0.1) is 11.1 Å². The van der Waals surface area contributed by atoms with E-state index >= 15 is 0 Å². The molecule has 0 bridgehead atoms. The Bertz CT molecular complexity index is 1260. The third-order valence-corrected chi connectivity index (χ3v) is 8.05. The molecular weight excluding hydrogens is 428 g/mol. The quantitative estimate of drug-likeness (QED) is 0.606. The number of nitrogens with zero attached hydrogens (tertiary/aromatic N) is 2. The molecule has 1 spiro atoms. The summed E-state index contributed by atoms with van der Waals surface area (Å²) in [5, 5.41) is 10.2. The van der Waals surface area contributed by atoms with E-state index < -0.39 is 5.97 Å². The van der Waals surface area contributed by atoms with Gasteiger partial charge in [0.2, 0.25) is 0 Å². The summed E-state index contributed by atoms with van der Waals surface area (Å²) in [7, 11) is 0. The highest BCUT2D eigenvalue weighted by atomic mass is 16.5. The maximum Gasteiger partial charge on any atom is 0.337 e. The summed E-state index contributed by atoms with van der Waals surface area (Å²) in [6, 6.07) is 16.0. The number of amides is 1. The molecule has 2 aliphatic heterocycles. The predicted octanol–water partition coefficient (Wildman–Crippen LogP) is 4.88. The Hall–Kier alpha value is -3.25. The smallest absolute Gasteiger partial charge is 0.337 e. The number of hydrogen-bond donors (Lipinski definition) is 1. The number of hydrogen-bond acceptors (Lipinski definition) is 4. The summed E-state index contributed by atoms with van der Waals surface area (Å²) in [6.45, 7) is 2.40. The number of carboxylic acids is 1. The standard InChI is InChI=1S/C28H28N2O4/c31-26(24-5-2-14-34-24)30-12-10-28(11-13-30)16-23(28)19-8-6-18(7-9-19)21-15-20-3-1-4-22(27(32)33)25(20)29-17-21/h1,3-4,6-9,15,17,23-24H,2,5,10-14,16H2,(H,32,33)/t23-,24+/m0/s1. The highest BCUT2D eigenvalue weighted by molar-refractivity contribution is 6.02. The number of aromatic nitrogens is 1. The van der Waals surface area contributed by atoms with Crippen molar-refractivity contribution in [1.29, 1.82) is 0 Å². The van der Waals surface area contributed by atoms with E-state index in [1.54, 1.807) is 18.3 Å². The van der Waals surface area contributed by atoms with E-state index in [1.165, 1.54) is 12.0 Å². The minimum atomic E-state index is -0.962. The van der Waals surface area contributed by atoms with Gasteiger partial charge < -0.3 is 14.7 Å². The highest BCUT2D eigenvalue weighted by Gasteiger charge is 2.55. The maximum absolute atomic E-state index is 12.7. The third-order valence-electron chi connectivity index (χ3n) is 8.05. The molecule has 34 heavy (non-hydrogen) atoms. The molecule has 2 aromatic carbocycles. The summed E-state index contributed by atoms with van der Waals surface area (Å²) in [5.41, 5.74) is 4.50. The van der Waals surface area contributed by atoms with Gasteiger partial charge in [-0.1, -0.05) is 36.4 Å². The van der Waals surface area contributed by atoms with E-state index in [4.69, 9.17) is 4.74 Å². The molecule has 3 aliphatic rings. The van der Waals surface area contributed by atoms with E-state index in [9.17, 15) is 14.7 Å². The minimum Gasteiger partial charge on any atom is -0.478 e. The average molecular weight is 457 g/mol. The summed E-state index contributed by atoms with van der Waals surface area (Å²) >= 11 is 0. The Balaban J connectivity index is 1.14. The molecule has 1 aromatic heterocycles. The first-order chi connectivity index (χ1) is 16.5. The number of likely N-dealkylation sites (tertiary alicyclic amines) is 1. The number of rotatable bonds is 4. The first-order valence-corrected chi connectivity index (χ1v) is 12.2. The second-order valence-electron chi connectivity index (χ2n) is 9.97. The monoisotopic (exact) mass is 456 g/mol. The Labute approximate surface area is 198 Å². The molecule has 2 saturated heterocycles. The van der Waals surface area contributed by atoms with Crippen LogP contribution in [0.3, 0.4) is 0 Å². The van der Waals surface area contributed by atoms with Crippen molar-refractivity contribution in [3.63, 3.8) is 0 Å². The number of aromatic carboxylic acids is 1. The van der Waals surface area contributed by atoms with Crippen LogP contribution in [0.1, 0.15) is 53.9 Å². The largest absolute Gasteiger partial charge is 0.478 e. The van der Waals surface area contributed by atoms with Crippen LogP contribution in [0.25, 0.3) is 22.0 Å². The molecule has 174 valence electrons. The van der Waals surface area contributed by atoms with E-state index in [1.807, 2.05) is 17.0 Å². The molecule has 3 fully saturated rings. The van der Waals surface area contributed by atoms with Crippen LogP contribution in [0.5, 0.6) is 0 Å². The molecule has 0 unspecified atom stereocenters. The molecule has 3 aromatic rings. The maximum atomic E-state index is 12.7. The van der Waals surface area contributed by atoms with Crippen LogP contribution in [0.2, 0.25) is 0 Å². The summed E-state index contributed by atoms with van der Waals surface area (Å²) in [5.74, 6) is -0.210. The zero-order valence-electron chi connectivity index (χ0n) is 19.1. The van der Waals surface area contributed by atoms with Gasteiger partial charge in [-0.2, -0.15) is 0 Å². The Morgan fingerprint density at radius 2 is 1.85 bits per heavy atom. The lowest BCUT2D eigenvalue weighted by Crippen LogP contribution is -2.44. The van der Waals surface area contributed by atoms with Crippen LogP contribution in [0.4, 0.5) is 0 Å². The van der Waals surface area contributed by atoms with Crippen LogP contribution in [0, 0.1) is 5.41 Å². The lowest BCUT2D eigenvalue weighted by atomic mass is 9.88. The van der Waals surface area contributed by atoms with Gasteiger partial charge in [-0.3, -0.25) is 9.78 Å². The van der Waals surface area contributed by atoms with Crippen molar-refractivity contribution in [3.8, 4) is 11.1 Å². The molecular formula is C28H28N2O4. The van der Waals surface area contributed by atoms with Crippen LogP contribution < -0.4 is 0 Å². The van der Waals surface area contributed by atoms with Crippen molar-refractivity contribution in [3.05, 3.63) is 65.9 Å². The summed E-state index contributed by atoms with van der Waals surface area (Å²) in [4.78, 5) is 30.6. The molecule has 2 atom stereocenters. The lowest BCUT2D eigenvalue weighted by molar-refractivity contribution is -0.142. The number of carboxylic acid groups (broad SMARTS) is 1. The van der Waals surface area contributed by atoms with Crippen LogP contribution >= 0.6 is 0 Å². The number of carbonyl (C=O) groups excluding carboxylic acids is 1. The van der Waals surface area contributed by atoms with Crippen molar-refractivity contribution in [2.75, 3.05) is 19.7 Å². The first-order valence-electron chi connectivity index (χ1n) is 12.2. The molecule has 3 heterocycles. The van der Waals surface area contributed by atoms with Crippen molar-refractivity contribution in [1.82, 2.24) is 9.88 Å². The molecule has 0 radical (unpaired) electrons. The second kappa shape index (κ2) is 8.20. The number of pyridine rings is 1. The van der Waals surface area contributed by atoms with E-state index in [0.717, 1.165) is 55.3 Å². The first kappa shape index (κ1) is 21.3. The topological polar surface area (TPSA) is 79.7 Å². The second-order valence-corrected chi connectivity index (χ2v) is 9.97. The van der Waals surface area contributed by atoms with E-state index in [-0.39, 0.29) is 17.6 Å². The molecule has 1 N–H and O–H groups in total.